The molecule has 0 aliphatic rings. The molecule has 0 aliphatic heterocycles. The molecule has 0 radical (unpaired) electrons. The van der Waals surface area contributed by atoms with Crippen molar-refractivity contribution in [2.24, 2.45) is 0 Å². The van der Waals surface area contributed by atoms with Gasteiger partial charge in [0.15, 0.2) is 5.75 Å². The highest BCUT2D eigenvalue weighted by molar-refractivity contribution is 9.10. The van der Waals surface area contributed by atoms with Crippen LogP contribution in [-0.4, -0.2) is 0 Å². The molecule has 3 rings (SSSR count). The summed E-state index contributed by atoms with van der Waals surface area (Å²) in [7, 11) is 0. The van der Waals surface area contributed by atoms with Crippen molar-refractivity contribution in [1.29, 1.82) is 0 Å². The van der Waals surface area contributed by atoms with Gasteiger partial charge in [0, 0.05) is 4.47 Å². The van der Waals surface area contributed by atoms with Crippen LogP contribution in [-0.2, 0) is 0 Å². The van der Waals surface area contributed by atoms with Crippen molar-refractivity contribution < 1.29 is 4.84 Å². The van der Waals surface area contributed by atoms with Crippen molar-refractivity contribution >= 4 is 32.4 Å². The molecule has 0 saturated heterocycles. The van der Waals surface area contributed by atoms with Gasteiger partial charge in [0.2, 0.25) is 0 Å². The van der Waals surface area contributed by atoms with Crippen molar-refractivity contribution in [3.63, 3.8) is 0 Å². The van der Waals surface area contributed by atoms with Gasteiger partial charge < -0.3 is 4.84 Å². The van der Waals surface area contributed by atoms with E-state index in [0.717, 1.165) is 21.3 Å². The van der Waals surface area contributed by atoms with E-state index in [1.54, 1.807) is 0 Å². The van der Waals surface area contributed by atoms with Gasteiger partial charge in [0.05, 0.1) is 5.69 Å². The summed E-state index contributed by atoms with van der Waals surface area (Å²) in [5.41, 5.74) is 3.86. The zero-order chi connectivity index (χ0) is 13.1. The van der Waals surface area contributed by atoms with Crippen LogP contribution in [0.1, 0.15) is 0 Å². The molecule has 0 atom stereocenters. The summed E-state index contributed by atoms with van der Waals surface area (Å²) in [6, 6.07) is 22.0. The largest absolute Gasteiger partial charge is 0.382 e. The number of hydrogen-bond acceptors (Lipinski definition) is 2. The van der Waals surface area contributed by atoms with Crippen molar-refractivity contribution in [3.8, 4) is 5.75 Å². The summed E-state index contributed by atoms with van der Waals surface area (Å²) in [5, 5.41) is 2.33. The zero-order valence-electron chi connectivity index (χ0n) is 10.1. The fourth-order valence-electron chi connectivity index (χ4n) is 1.88. The van der Waals surface area contributed by atoms with Crippen LogP contribution in [0.4, 0.5) is 5.69 Å². The summed E-state index contributed by atoms with van der Waals surface area (Å²) in [6.45, 7) is 0. The van der Waals surface area contributed by atoms with Crippen LogP contribution < -0.4 is 10.3 Å². The van der Waals surface area contributed by atoms with Gasteiger partial charge in [0.25, 0.3) is 0 Å². The third-order valence-corrected chi connectivity index (χ3v) is 3.33. The first-order valence-corrected chi connectivity index (χ1v) is 6.78. The second-order valence-electron chi connectivity index (χ2n) is 4.22. The van der Waals surface area contributed by atoms with Crippen molar-refractivity contribution in [2.75, 3.05) is 5.48 Å². The highest BCUT2D eigenvalue weighted by atomic mass is 79.9. The lowest BCUT2D eigenvalue weighted by atomic mass is 10.1. The van der Waals surface area contributed by atoms with Gasteiger partial charge in [-0.1, -0.05) is 46.3 Å². The van der Waals surface area contributed by atoms with E-state index in [1.165, 1.54) is 5.39 Å². The van der Waals surface area contributed by atoms with Crippen molar-refractivity contribution in [1.82, 2.24) is 0 Å². The normalized spacial score (nSPS) is 10.4. The Hall–Kier alpha value is -2.00. The minimum atomic E-state index is 0.790. The lowest BCUT2D eigenvalue weighted by Gasteiger charge is -2.09. The van der Waals surface area contributed by atoms with Gasteiger partial charge in [-0.15, -0.1) is 0 Å². The topological polar surface area (TPSA) is 21.3 Å². The molecule has 0 heterocycles. The molecule has 0 amide bonds. The molecule has 0 spiro atoms. The Morgan fingerprint density at radius 2 is 1.53 bits per heavy atom. The zero-order valence-corrected chi connectivity index (χ0v) is 11.7. The summed E-state index contributed by atoms with van der Waals surface area (Å²) in [5.74, 6) is 0.790. The van der Waals surface area contributed by atoms with Gasteiger partial charge in [0.1, 0.15) is 0 Å². The van der Waals surface area contributed by atoms with Crippen LogP contribution in [0.15, 0.2) is 71.2 Å². The number of para-hydroxylation sites is 1. The second-order valence-corrected chi connectivity index (χ2v) is 5.14. The van der Waals surface area contributed by atoms with Crippen LogP contribution in [0, 0.1) is 0 Å². The van der Waals surface area contributed by atoms with E-state index in [1.807, 2.05) is 54.6 Å². The molecule has 3 heteroatoms. The minimum absolute atomic E-state index is 0.790. The van der Waals surface area contributed by atoms with E-state index in [9.17, 15) is 0 Å². The number of rotatable bonds is 3. The molecule has 0 bridgehead atoms. The van der Waals surface area contributed by atoms with Crippen LogP contribution in [0.25, 0.3) is 10.8 Å². The predicted molar refractivity (Wildman–Crippen MR) is 82.3 cm³/mol. The molecule has 94 valence electrons. The quantitative estimate of drug-likeness (QED) is 0.686. The number of fused-ring (bicyclic) bond motifs is 1. The van der Waals surface area contributed by atoms with Crippen LogP contribution >= 0.6 is 15.9 Å². The predicted octanol–water partition coefficient (Wildman–Crippen LogP) is 5.01. The van der Waals surface area contributed by atoms with Gasteiger partial charge in [-0.2, -0.15) is 0 Å². The monoisotopic (exact) mass is 313 g/mol. The van der Waals surface area contributed by atoms with Crippen LogP contribution in [0.5, 0.6) is 5.75 Å². The van der Waals surface area contributed by atoms with Gasteiger partial charge in [-0.25, -0.2) is 5.48 Å². The Bertz CT molecular complexity index is 697. The average molecular weight is 314 g/mol. The molecule has 2 nitrogen and oxygen atoms in total. The van der Waals surface area contributed by atoms with E-state index in [-0.39, 0.29) is 0 Å². The molecule has 0 aromatic heterocycles. The first kappa shape index (κ1) is 12.1. The van der Waals surface area contributed by atoms with Crippen LogP contribution in [0.2, 0.25) is 0 Å². The van der Waals surface area contributed by atoms with Gasteiger partial charge >= 0.3 is 0 Å². The number of benzene rings is 3. The highest BCUT2D eigenvalue weighted by Gasteiger charge is 1.99. The smallest absolute Gasteiger partial charge is 0.155 e. The summed E-state index contributed by atoms with van der Waals surface area (Å²) >= 11 is 3.47. The first-order valence-electron chi connectivity index (χ1n) is 5.98. The fraction of sp³-hybridized carbons (Fsp3) is 0. The molecule has 0 aliphatic carbocycles. The van der Waals surface area contributed by atoms with E-state index in [4.69, 9.17) is 4.84 Å². The standard InChI is InChI=1S/C16H12BrNO/c17-14-8-6-13-11-16(9-7-12(13)10-14)19-18-15-4-2-1-3-5-15/h1-11,18H. The lowest BCUT2D eigenvalue weighted by Crippen LogP contribution is -2.03. The number of anilines is 1. The minimum Gasteiger partial charge on any atom is -0.382 e. The molecule has 19 heavy (non-hydrogen) atoms. The summed E-state index contributed by atoms with van der Waals surface area (Å²) in [4.78, 5) is 5.57. The molecule has 3 aromatic rings. The molecular formula is C16H12BrNO. The highest BCUT2D eigenvalue weighted by Crippen LogP contribution is 2.24. The molecule has 0 saturated carbocycles. The average Bonchev–Trinajstić information content (AvgIpc) is 2.46. The van der Waals surface area contributed by atoms with E-state index < -0.39 is 0 Å². The Kier molecular flexibility index (Phi) is 3.38. The van der Waals surface area contributed by atoms with Crippen molar-refractivity contribution in [2.45, 2.75) is 0 Å². The third kappa shape index (κ3) is 2.88. The fourth-order valence-corrected chi connectivity index (χ4v) is 2.26. The first-order chi connectivity index (χ1) is 9.31. The molecule has 0 fully saturated rings. The summed E-state index contributed by atoms with van der Waals surface area (Å²) < 4.78 is 1.08. The maximum absolute atomic E-state index is 5.57. The second kappa shape index (κ2) is 5.33. The molecule has 3 aromatic carbocycles. The number of halogens is 1. The van der Waals surface area contributed by atoms with E-state index >= 15 is 0 Å². The van der Waals surface area contributed by atoms with Gasteiger partial charge in [-0.3, -0.25) is 0 Å². The SMILES string of the molecule is Brc1ccc2cc(ONc3ccccc3)ccc2c1. The Labute approximate surface area is 120 Å². The Morgan fingerprint density at radius 1 is 0.789 bits per heavy atom. The van der Waals surface area contributed by atoms with Gasteiger partial charge in [-0.05, 0) is 47.2 Å². The number of nitrogens with one attached hydrogen (secondary N) is 1. The molecule has 1 N–H and O–H groups in total. The summed E-state index contributed by atoms with van der Waals surface area (Å²) in [6.07, 6.45) is 0. The maximum atomic E-state index is 5.57. The molecular weight excluding hydrogens is 302 g/mol. The van der Waals surface area contributed by atoms with E-state index in [2.05, 4.69) is 33.5 Å². The Morgan fingerprint density at radius 3 is 2.37 bits per heavy atom. The van der Waals surface area contributed by atoms with Crippen LogP contribution in [0.3, 0.4) is 0 Å². The maximum Gasteiger partial charge on any atom is 0.155 e. The third-order valence-electron chi connectivity index (χ3n) is 2.83. The lowest BCUT2D eigenvalue weighted by molar-refractivity contribution is 0.406. The number of hydrogen-bond donors (Lipinski definition) is 1. The Balaban J connectivity index is 1.80. The molecule has 0 unspecified atom stereocenters. The van der Waals surface area contributed by atoms with E-state index in [0.29, 0.717) is 0 Å². The van der Waals surface area contributed by atoms with Crippen molar-refractivity contribution in [3.05, 3.63) is 71.2 Å².